The van der Waals surface area contributed by atoms with Gasteiger partial charge in [0.1, 0.15) is 11.4 Å². The lowest BCUT2D eigenvalue weighted by atomic mass is 10.2. The molecule has 3 nitrogen and oxygen atoms in total. The number of hydrogen-bond donors (Lipinski definition) is 0. The maximum atomic E-state index is 4.81. The van der Waals surface area contributed by atoms with Gasteiger partial charge in [-0.1, -0.05) is 59.3 Å². The maximum Gasteiger partial charge on any atom is 0.280 e. The number of rotatable bonds is 3. The molecule has 0 aliphatic carbocycles. The number of aryl methyl sites for hydroxylation is 1. The molecular formula is C21H18N3+. The average molecular weight is 312 g/mol. The molecule has 0 aliphatic rings. The van der Waals surface area contributed by atoms with Crippen molar-refractivity contribution in [3.05, 3.63) is 96.8 Å². The normalized spacial score (nSPS) is 10.7. The zero-order chi connectivity index (χ0) is 16.4. The van der Waals surface area contributed by atoms with E-state index in [9.17, 15) is 0 Å². The van der Waals surface area contributed by atoms with Gasteiger partial charge in [-0.3, -0.25) is 0 Å². The van der Waals surface area contributed by atoms with Crippen molar-refractivity contribution < 1.29 is 4.57 Å². The fourth-order valence-electron chi connectivity index (χ4n) is 2.96. The van der Waals surface area contributed by atoms with Gasteiger partial charge in [0, 0.05) is 12.0 Å². The van der Waals surface area contributed by atoms with E-state index < -0.39 is 0 Å². The van der Waals surface area contributed by atoms with Gasteiger partial charge in [-0.25, -0.2) is 0 Å². The van der Waals surface area contributed by atoms with Gasteiger partial charge in [-0.05, 0) is 36.4 Å². The minimum Gasteiger partial charge on any atom is -0.194 e. The highest BCUT2D eigenvalue weighted by atomic mass is 15.4. The van der Waals surface area contributed by atoms with Gasteiger partial charge >= 0.3 is 0 Å². The second-order valence-electron chi connectivity index (χ2n) is 5.66. The second kappa shape index (κ2) is 6.13. The van der Waals surface area contributed by atoms with E-state index in [1.54, 1.807) is 0 Å². The lowest BCUT2D eigenvalue weighted by molar-refractivity contribution is -0.591. The smallest absolute Gasteiger partial charge is 0.194 e. The molecule has 3 aromatic carbocycles. The zero-order valence-electron chi connectivity index (χ0n) is 13.5. The van der Waals surface area contributed by atoms with Crippen LogP contribution in [0.4, 0.5) is 0 Å². The van der Waals surface area contributed by atoms with E-state index in [4.69, 9.17) is 5.10 Å². The molecule has 0 spiro atoms. The van der Waals surface area contributed by atoms with Crippen LogP contribution < -0.4 is 4.57 Å². The molecule has 0 bridgehead atoms. The SMILES string of the molecule is Cc1nn(-c2ccccc2)c(-c2ccccc2)[n+]1-c1ccccc1. The van der Waals surface area contributed by atoms with Crippen LogP contribution in [-0.4, -0.2) is 9.78 Å². The molecule has 0 atom stereocenters. The Bertz CT molecular complexity index is 943. The Morgan fingerprint density at radius 1 is 0.708 bits per heavy atom. The van der Waals surface area contributed by atoms with Crippen LogP contribution in [0, 0.1) is 6.92 Å². The van der Waals surface area contributed by atoms with E-state index in [-0.39, 0.29) is 0 Å². The van der Waals surface area contributed by atoms with Gasteiger partial charge in [0.05, 0.1) is 5.56 Å². The topological polar surface area (TPSA) is 21.7 Å². The lowest BCUT2D eigenvalue weighted by Crippen LogP contribution is -2.35. The summed E-state index contributed by atoms with van der Waals surface area (Å²) in [6, 6.07) is 31.0. The number of nitrogens with zero attached hydrogens (tertiary/aromatic N) is 3. The van der Waals surface area contributed by atoms with E-state index in [1.165, 1.54) is 0 Å². The van der Waals surface area contributed by atoms with Crippen LogP contribution in [0.3, 0.4) is 0 Å². The Labute approximate surface area is 141 Å². The Hall–Kier alpha value is -3.20. The van der Waals surface area contributed by atoms with Crippen LogP contribution in [0.1, 0.15) is 5.82 Å². The molecule has 1 aromatic heterocycles. The quantitative estimate of drug-likeness (QED) is 0.521. The first-order valence-electron chi connectivity index (χ1n) is 8.02. The molecule has 116 valence electrons. The fraction of sp³-hybridized carbons (Fsp3) is 0.0476. The van der Waals surface area contributed by atoms with Crippen molar-refractivity contribution in [2.45, 2.75) is 6.92 Å². The van der Waals surface area contributed by atoms with E-state index in [0.717, 1.165) is 28.6 Å². The monoisotopic (exact) mass is 312 g/mol. The van der Waals surface area contributed by atoms with E-state index in [2.05, 4.69) is 65.2 Å². The van der Waals surface area contributed by atoms with E-state index >= 15 is 0 Å². The maximum absolute atomic E-state index is 4.81. The van der Waals surface area contributed by atoms with Crippen molar-refractivity contribution >= 4 is 0 Å². The fourth-order valence-corrected chi connectivity index (χ4v) is 2.96. The summed E-state index contributed by atoms with van der Waals surface area (Å²) in [6.45, 7) is 2.04. The predicted octanol–water partition coefficient (Wildman–Crippen LogP) is 4.12. The molecule has 0 saturated carbocycles. The van der Waals surface area contributed by atoms with Crippen LogP contribution in [0.15, 0.2) is 91.0 Å². The first-order valence-corrected chi connectivity index (χ1v) is 8.02. The van der Waals surface area contributed by atoms with Gasteiger partial charge in [-0.2, -0.15) is 4.57 Å². The van der Waals surface area contributed by atoms with Crippen molar-refractivity contribution in [2.24, 2.45) is 0 Å². The third-order valence-electron chi connectivity index (χ3n) is 4.03. The van der Waals surface area contributed by atoms with Gasteiger partial charge in [0.15, 0.2) is 0 Å². The summed E-state index contributed by atoms with van der Waals surface area (Å²) >= 11 is 0. The third kappa shape index (κ3) is 2.50. The molecular weight excluding hydrogens is 294 g/mol. The summed E-state index contributed by atoms with van der Waals surface area (Å²) in [6.07, 6.45) is 0. The molecule has 0 unspecified atom stereocenters. The second-order valence-corrected chi connectivity index (χ2v) is 5.66. The van der Waals surface area contributed by atoms with E-state index in [0.29, 0.717) is 0 Å². The van der Waals surface area contributed by atoms with Crippen molar-refractivity contribution in [1.29, 1.82) is 0 Å². The number of hydrogen-bond acceptors (Lipinski definition) is 1. The minimum absolute atomic E-state index is 0.948. The molecule has 0 radical (unpaired) electrons. The van der Waals surface area contributed by atoms with E-state index in [1.807, 2.05) is 41.9 Å². The average Bonchev–Trinajstić information content (AvgIpc) is 3.01. The number of para-hydroxylation sites is 2. The largest absolute Gasteiger partial charge is 0.280 e. The predicted molar refractivity (Wildman–Crippen MR) is 95.3 cm³/mol. The van der Waals surface area contributed by atoms with Crippen molar-refractivity contribution in [1.82, 2.24) is 9.78 Å². The molecule has 0 N–H and O–H groups in total. The summed E-state index contributed by atoms with van der Waals surface area (Å²) in [4.78, 5) is 0. The first-order chi connectivity index (χ1) is 11.8. The van der Waals surface area contributed by atoms with Crippen LogP contribution in [0.5, 0.6) is 0 Å². The highest BCUT2D eigenvalue weighted by molar-refractivity contribution is 5.56. The Balaban J connectivity index is 2.03. The molecule has 3 heteroatoms. The van der Waals surface area contributed by atoms with Gasteiger partial charge in [0.25, 0.3) is 11.6 Å². The third-order valence-corrected chi connectivity index (χ3v) is 4.03. The molecule has 0 aliphatic heterocycles. The molecule has 0 saturated heterocycles. The Morgan fingerprint density at radius 2 is 1.25 bits per heavy atom. The number of benzene rings is 3. The molecule has 0 fully saturated rings. The van der Waals surface area contributed by atoms with Crippen LogP contribution in [0.2, 0.25) is 0 Å². The lowest BCUT2D eigenvalue weighted by Gasteiger charge is -2.05. The molecule has 24 heavy (non-hydrogen) atoms. The summed E-state index contributed by atoms with van der Waals surface area (Å²) < 4.78 is 4.21. The van der Waals surface area contributed by atoms with Crippen molar-refractivity contribution in [3.63, 3.8) is 0 Å². The van der Waals surface area contributed by atoms with Gasteiger partial charge < -0.3 is 0 Å². The number of aromatic nitrogens is 3. The Morgan fingerprint density at radius 3 is 1.88 bits per heavy atom. The molecule has 1 heterocycles. The highest BCUT2D eigenvalue weighted by Gasteiger charge is 2.26. The highest BCUT2D eigenvalue weighted by Crippen LogP contribution is 2.21. The molecule has 0 amide bonds. The van der Waals surface area contributed by atoms with Crippen LogP contribution in [-0.2, 0) is 0 Å². The van der Waals surface area contributed by atoms with Crippen LogP contribution in [0.25, 0.3) is 22.8 Å². The Kier molecular flexibility index (Phi) is 3.67. The molecule has 4 aromatic rings. The standard InChI is InChI=1S/C21H18N3/c1-17-22-24(20-15-9-4-10-16-20)21(18-11-5-2-6-12-18)23(17)19-13-7-3-8-14-19/h2-16H,1H3/q+1. The molecule has 4 rings (SSSR count). The van der Waals surface area contributed by atoms with Crippen molar-refractivity contribution in [2.75, 3.05) is 0 Å². The van der Waals surface area contributed by atoms with Crippen LogP contribution >= 0.6 is 0 Å². The summed E-state index contributed by atoms with van der Waals surface area (Å²) in [5.74, 6) is 1.99. The summed E-state index contributed by atoms with van der Waals surface area (Å²) in [5.41, 5.74) is 3.29. The first kappa shape index (κ1) is 14.4. The zero-order valence-corrected chi connectivity index (χ0v) is 13.5. The van der Waals surface area contributed by atoms with Crippen molar-refractivity contribution in [3.8, 4) is 22.8 Å². The minimum atomic E-state index is 0.948. The summed E-state index contributed by atoms with van der Waals surface area (Å²) in [5, 5.41) is 4.81. The summed E-state index contributed by atoms with van der Waals surface area (Å²) in [7, 11) is 0. The van der Waals surface area contributed by atoms with Gasteiger partial charge in [-0.15, -0.1) is 0 Å². The van der Waals surface area contributed by atoms with Gasteiger partial charge in [0.2, 0.25) is 0 Å².